The van der Waals surface area contributed by atoms with Crippen molar-refractivity contribution in [3.05, 3.63) is 59.9 Å². The molecule has 10 nitrogen and oxygen atoms in total. The summed E-state index contributed by atoms with van der Waals surface area (Å²) in [6.45, 7) is 6.82. The van der Waals surface area contributed by atoms with E-state index in [0.29, 0.717) is 5.56 Å². The first-order valence-electron chi connectivity index (χ1n) is 10.6. The normalized spacial score (nSPS) is 9.86. The third-order valence-corrected chi connectivity index (χ3v) is 3.40. The van der Waals surface area contributed by atoms with Gasteiger partial charge in [0.2, 0.25) is 0 Å². The molecule has 1 heterocycles. The van der Waals surface area contributed by atoms with E-state index in [1.54, 1.807) is 31.3 Å². The standard InChI is InChI=1S/C8H11N2O.C8H9NO2.C5H10O2.C4H9NO.CH4.Ac/c1-10-5-3-8(4-6-10)7-9-11-2;1-11-9-6-7-4-2-3-5-8(7)10;1-4(6)3-5(2)7;1-4(2)5-6-3;;/h3-7H,1-2H3;2-6,10H,1H3;4,6H,3H2,1-2H3;1-3H3;1H4;/q+1;;;;;. The number of aromatic hydroxyl groups is 1. The van der Waals surface area contributed by atoms with Crippen LogP contribution in [0, 0.1) is 44.1 Å². The van der Waals surface area contributed by atoms with Crippen LogP contribution in [0.15, 0.2) is 64.3 Å². The van der Waals surface area contributed by atoms with E-state index >= 15 is 0 Å². The summed E-state index contributed by atoms with van der Waals surface area (Å²) < 4.78 is 1.96. The number of phenolic OH excluding ortho intramolecular Hbond substituents is 1. The molecule has 0 bridgehead atoms. The number of hydrogen-bond acceptors (Lipinski definition) is 9. The molecule has 0 saturated carbocycles. The van der Waals surface area contributed by atoms with E-state index in [1.165, 1.54) is 34.5 Å². The Bertz CT molecular complexity index is 900. The van der Waals surface area contributed by atoms with Crippen molar-refractivity contribution in [3.63, 3.8) is 0 Å². The van der Waals surface area contributed by atoms with Gasteiger partial charge in [-0.05, 0) is 39.8 Å². The minimum Gasteiger partial charge on any atom is -0.507 e. The number of Topliss-reactive ketones (excluding diaryl/α,β-unsaturated/α-hetero) is 1. The van der Waals surface area contributed by atoms with Gasteiger partial charge in [-0.3, -0.25) is 4.79 Å². The maximum Gasteiger partial charge on any atom is 0.169 e. The van der Waals surface area contributed by atoms with Gasteiger partial charge in [0.15, 0.2) is 12.4 Å². The number of aryl methyl sites for hydroxylation is 1. The van der Waals surface area contributed by atoms with Gasteiger partial charge in [-0.15, -0.1) is 0 Å². The van der Waals surface area contributed by atoms with E-state index in [9.17, 15) is 9.90 Å². The number of para-hydroxylation sites is 1. The van der Waals surface area contributed by atoms with E-state index < -0.39 is 6.10 Å². The zero-order valence-electron chi connectivity index (χ0n) is 22.5. The fraction of sp³-hybridized carbons (Fsp3) is 0.423. The molecule has 2 rings (SSSR count). The second-order valence-corrected chi connectivity index (χ2v) is 7.17. The van der Waals surface area contributed by atoms with Gasteiger partial charge in [-0.1, -0.05) is 35.0 Å². The number of ketones is 1. The van der Waals surface area contributed by atoms with Crippen LogP contribution in [0.25, 0.3) is 0 Å². The number of benzene rings is 1. The first kappa shape index (κ1) is 41.8. The Balaban J connectivity index is -0.000000199. The number of aliphatic hydroxyl groups excluding tert-OH is 1. The zero-order chi connectivity index (χ0) is 27.1. The molecule has 0 aliphatic carbocycles. The zero-order valence-corrected chi connectivity index (χ0v) is 27.2. The number of nitrogens with zero attached hydrogens (tertiary/aromatic N) is 4. The molecule has 0 amide bonds. The monoisotopic (exact) mass is 734 g/mol. The maximum absolute atomic E-state index is 10.1. The SMILES string of the molecule is C.CC(=O)CC(C)O.CON=C(C)C.CON=Cc1cc[n+](C)cc1.CON=Cc1ccccc1O.[Ac]. The van der Waals surface area contributed by atoms with E-state index in [4.69, 9.17) is 5.11 Å². The van der Waals surface area contributed by atoms with Crippen LogP contribution in [0.4, 0.5) is 0 Å². The molecule has 1 aromatic heterocycles. The number of carbonyl (C=O) groups is 1. The van der Waals surface area contributed by atoms with Gasteiger partial charge in [0, 0.05) is 73.7 Å². The van der Waals surface area contributed by atoms with Gasteiger partial charge in [-0.25, -0.2) is 4.57 Å². The number of oxime groups is 3. The predicted octanol–water partition coefficient (Wildman–Crippen LogP) is 3.87. The molecule has 37 heavy (non-hydrogen) atoms. The molecule has 2 aromatic rings. The predicted molar refractivity (Wildman–Crippen MR) is 144 cm³/mol. The van der Waals surface area contributed by atoms with Crippen LogP contribution in [0.5, 0.6) is 5.75 Å². The largest absolute Gasteiger partial charge is 0.507 e. The average Bonchev–Trinajstić information content (AvgIpc) is 2.78. The molecule has 0 fully saturated rings. The number of rotatable bonds is 7. The first-order valence-corrected chi connectivity index (χ1v) is 10.6. The van der Waals surface area contributed by atoms with Crippen molar-refractivity contribution in [1.82, 2.24) is 0 Å². The third-order valence-electron chi connectivity index (χ3n) is 3.40. The summed E-state index contributed by atoms with van der Waals surface area (Å²) in [4.78, 5) is 23.5. The second-order valence-electron chi connectivity index (χ2n) is 7.17. The summed E-state index contributed by atoms with van der Waals surface area (Å²) in [7, 11) is 6.49. The molecule has 0 aliphatic heterocycles. The minimum atomic E-state index is -0.475. The van der Waals surface area contributed by atoms with Gasteiger partial charge in [-0.2, -0.15) is 0 Å². The van der Waals surface area contributed by atoms with Gasteiger partial charge in [0.1, 0.15) is 39.9 Å². The quantitative estimate of drug-likeness (QED) is 0.253. The van der Waals surface area contributed by atoms with Gasteiger partial charge in [0.05, 0.1) is 24.2 Å². The Morgan fingerprint density at radius 1 is 0.973 bits per heavy atom. The van der Waals surface area contributed by atoms with Crippen molar-refractivity contribution in [2.45, 2.75) is 47.6 Å². The smallest absolute Gasteiger partial charge is 0.169 e. The fourth-order valence-electron chi connectivity index (χ4n) is 2.02. The van der Waals surface area contributed by atoms with Crippen LogP contribution in [-0.4, -0.2) is 61.6 Å². The number of carbonyl (C=O) groups excluding carboxylic acids is 1. The molecular formula is C26H43AcN4O6+. The number of hydrogen-bond donors (Lipinski definition) is 2. The average molecular weight is 735 g/mol. The number of pyridine rings is 1. The molecule has 205 valence electrons. The Kier molecular flexibility index (Phi) is 31.9. The molecule has 0 spiro atoms. The number of aromatic nitrogens is 1. The molecule has 11 heteroatoms. The maximum atomic E-state index is 10.1. The molecule has 2 N–H and O–H groups in total. The Morgan fingerprint density at radius 3 is 1.84 bits per heavy atom. The Labute approximate surface area is 257 Å². The van der Waals surface area contributed by atoms with Crippen molar-refractivity contribution in [2.75, 3.05) is 21.3 Å². The van der Waals surface area contributed by atoms with Gasteiger partial charge in [0.25, 0.3) is 0 Å². The van der Waals surface area contributed by atoms with E-state index in [1.807, 2.05) is 56.1 Å². The van der Waals surface area contributed by atoms with Crippen LogP contribution in [0.1, 0.15) is 52.7 Å². The molecule has 1 unspecified atom stereocenters. The van der Waals surface area contributed by atoms with Crippen LogP contribution in [0.3, 0.4) is 0 Å². The van der Waals surface area contributed by atoms with Crippen LogP contribution >= 0.6 is 0 Å². The topological polar surface area (TPSA) is 126 Å². The minimum absolute atomic E-state index is 0. The fourth-order valence-corrected chi connectivity index (χ4v) is 2.02. The van der Waals surface area contributed by atoms with Crippen molar-refractivity contribution >= 4 is 23.9 Å². The second kappa shape index (κ2) is 28.2. The van der Waals surface area contributed by atoms with Crippen molar-refractivity contribution < 1.29 is 78.1 Å². The summed E-state index contributed by atoms with van der Waals surface area (Å²) in [5.74, 6) is 0.239. The molecule has 1 aromatic carbocycles. The van der Waals surface area contributed by atoms with Crippen LogP contribution in [-0.2, 0) is 26.4 Å². The first-order chi connectivity index (χ1) is 16.6. The van der Waals surface area contributed by atoms with Crippen LogP contribution < -0.4 is 4.57 Å². The summed E-state index contributed by atoms with van der Waals surface area (Å²) in [6.07, 6.45) is 6.83. The van der Waals surface area contributed by atoms with E-state index in [2.05, 4.69) is 30.0 Å². The van der Waals surface area contributed by atoms with E-state index in [-0.39, 0.29) is 69.4 Å². The van der Waals surface area contributed by atoms with Crippen molar-refractivity contribution in [2.24, 2.45) is 22.5 Å². The summed E-state index contributed by atoms with van der Waals surface area (Å²) >= 11 is 0. The summed E-state index contributed by atoms with van der Waals surface area (Å²) in [6, 6.07) is 10.8. The third kappa shape index (κ3) is 29.8. The number of phenols is 1. The number of aliphatic hydroxyl groups is 1. The van der Waals surface area contributed by atoms with Crippen molar-refractivity contribution in [1.29, 1.82) is 0 Å². The Morgan fingerprint density at radius 2 is 1.49 bits per heavy atom. The Hall–Kier alpha value is -2.35. The van der Waals surface area contributed by atoms with Crippen LogP contribution in [0.2, 0.25) is 0 Å². The van der Waals surface area contributed by atoms with E-state index in [0.717, 1.165) is 11.3 Å². The molecule has 1 radical (unpaired) electrons. The van der Waals surface area contributed by atoms with Gasteiger partial charge >= 0.3 is 0 Å². The molecule has 0 aliphatic rings. The molecule has 1 atom stereocenters. The van der Waals surface area contributed by atoms with Crippen molar-refractivity contribution in [3.8, 4) is 5.75 Å². The molecular weight excluding hydrogens is 691 g/mol. The summed E-state index contributed by atoms with van der Waals surface area (Å²) in [5.41, 5.74) is 2.62. The molecule has 0 saturated heterocycles. The summed E-state index contributed by atoms with van der Waals surface area (Å²) in [5, 5.41) is 28.4. The van der Waals surface area contributed by atoms with Gasteiger partial charge < -0.3 is 24.7 Å².